The highest BCUT2D eigenvalue weighted by atomic mass is 16.4. The van der Waals surface area contributed by atoms with Crippen LogP contribution in [0, 0.1) is 34.5 Å². The number of aliphatic carboxylic acids is 1. The van der Waals surface area contributed by atoms with Crippen molar-refractivity contribution < 1.29 is 9.90 Å². The van der Waals surface area contributed by atoms with Crippen molar-refractivity contribution in [2.45, 2.75) is 58.8 Å². The molecule has 6 atom stereocenters. The molecule has 0 aromatic heterocycles. The lowest BCUT2D eigenvalue weighted by molar-refractivity contribution is -0.140. The molecule has 23 heavy (non-hydrogen) atoms. The quantitative estimate of drug-likeness (QED) is 0.731. The fraction of sp³-hybridized carbons (Fsp3) is 0.714. The van der Waals surface area contributed by atoms with Crippen LogP contribution < -0.4 is 0 Å². The van der Waals surface area contributed by atoms with Crippen LogP contribution in [0.25, 0.3) is 0 Å². The summed E-state index contributed by atoms with van der Waals surface area (Å²) in [6, 6.07) is 0. The van der Waals surface area contributed by atoms with Crippen LogP contribution in [0.15, 0.2) is 29.5 Å². The SMILES string of the molecule is C[C@]12CC[C@H]3[C@@H](CCC4=C=CC=C[C@@]43C)[C@@H]1CC[C@@H]2CC(=O)O. The van der Waals surface area contributed by atoms with Crippen LogP contribution in [0.5, 0.6) is 0 Å². The second kappa shape index (κ2) is 5.11. The molecule has 0 aliphatic heterocycles. The van der Waals surface area contributed by atoms with Crippen LogP contribution in [-0.4, -0.2) is 11.1 Å². The van der Waals surface area contributed by atoms with Gasteiger partial charge in [0.05, 0.1) is 0 Å². The van der Waals surface area contributed by atoms with E-state index in [-0.39, 0.29) is 10.8 Å². The zero-order valence-corrected chi connectivity index (χ0v) is 14.3. The number of carboxylic acid groups (broad SMARTS) is 1. The summed E-state index contributed by atoms with van der Waals surface area (Å²) in [5.41, 5.74) is 5.48. The summed E-state index contributed by atoms with van der Waals surface area (Å²) in [7, 11) is 0. The first-order chi connectivity index (χ1) is 10.9. The highest BCUT2D eigenvalue weighted by Gasteiger charge is 2.58. The van der Waals surface area contributed by atoms with Gasteiger partial charge >= 0.3 is 5.97 Å². The number of rotatable bonds is 2. The molecule has 4 rings (SSSR count). The zero-order chi connectivity index (χ0) is 16.2. The predicted octanol–water partition coefficient (Wildman–Crippen LogP) is 4.97. The van der Waals surface area contributed by atoms with Crippen LogP contribution in [-0.2, 0) is 4.79 Å². The summed E-state index contributed by atoms with van der Waals surface area (Å²) in [6.45, 7) is 4.82. The minimum atomic E-state index is -0.611. The molecule has 3 fully saturated rings. The van der Waals surface area contributed by atoms with Crippen molar-refractivity contribution in [3.63, 3.8) is 0 Å². The van der Waals surface area contributed by atoms with E-state index in [1.807, 2.05) is 0 Å². The molecule has 4 aliphatic carbocycles. The summed E-state index contributed by atoms with van der Waals surface area (Å²) in [4.78, 5) is 11.3. The minimum absolute atomic E-state index is 0.198. The lowest BCUT2D eigenvalue weighted by Gasteiger charge is -2.56. The predicted molar refractivity (Wildman–Crippen MR) is 90.9 cm³/mol. The third-order valence-corrected chi connectivity index (χ3v) is 8.00. The van der Waals surface area contributed by atoms with Crippen molar-refractivity contribution in [3.05, 3.63) is 29.5 Å². The molecule has 2 nitrogen and oxygen atoms in total. The summed E-state index contributed by atoms with van der Waals surface area (Å²) >= 11 is 0. The van der Waals surface area contributed by atoms with E-state index in [4.69, 9.17) is 0 Å². The maximum atomic E-state index is 11.3. The summed E-state index contributed by atoms with van der Waals surface area (Å²) in [6.07, 6.45) is 14.3. The van der Waals surface area contributed by atoms with E-state index in [2.05, 4.69) is 37.8 Å². The molecular formula is C21H28O2. The van der Waals surface area contributed by atoms with Gasteiger partial charge in [-0.2, -0.15) is 0 Å². The Morgan fingerprint density at radius 1 is 1.26 bits per heavy atom. The van der Waals surface area contributed by atoms with E-state index in [0.717, 1.165) is 24.2 Å². The second-order valence-electron chi connectivity index (χ2n) is 8.76. The van der Waals surface area contributed by atoms with Crippen molar-refractivity contribution in [2.75, 3.05) is 0 Å². The summed E-state index contributed by atoms with van der Waals surface area (Å²) in [5.74, 6) is 2.00. The Labute approximate surface area is 139 Å². The van der Waals surface area contributed by atoms with E-state index < -0.39 is 5.97 Å². The van der Waals surface area contributed by atoms with Crippen molar-refractivity contribution in [3.8, 4) is 0 Å². The molecule has 2 heteroatoms. The largest absolute Gasteiger partial charge is 0.481 e. The Morgan fingerprint density at radius 2 is 2.09 bits per heavy atom. The molecule has 0 bridgehead atoms. The van der Waals surface area contributed by atoms with Crippen LogP contribution >= 0.6 is 0 Å². The number of hydrogen-bond donors (Lipinski definition) is 1. The van der Waals surface area contributed by atoms with Gasteiger partial charge in [0, 0.05) is 11.8 Å². The van der Waals surface area contributed by atoms with Gasteiger partial charge in [0.2, 0.25) is 0 Å². The monoisotopic (exact) mass is 312 g/mol. The van der Waals surface area contributed by atoms with E-state index in [9.17, 15) is 9.90 Å². The van der Waals surface area contributed by atoms with Gasteiger partial charge in [-0.15, -0.1) is 5.73 Å². The molecule has 0 amide bonds. The highest BCUT2D eigenvalue weighted by molar-refractivity contribution is 5.67. The molecule has 0 radical (unpaired) electrons. The zero-order valence-electron chi connectivity index (χ0n) is 14.3. The standard InChI is InChI=1S/C21H28O2/c1-20-11-4-3-5-14(20)6-8-16-17-9-7-15(13-19(22)23)21(17,2)12-10-18(16)20/h3-4,11,15-18H,6-10,12-13H2,1-2H3,(H,22,23)/t15-,16+,17+,18+,20+,21-/m1/s1. The normalized spacial score (nSPS) is 47.5. The van der Waals surface area contributed by atoms with E-state index in [1.165, 1.54) is 37.7 Å². The lowest BCUT2D eigenvalue weighted by atomic mass is 9.48. The fourth-order valence-electron chi connectivity index (χ4n) is 6.74. The molecule has 4 aliphatic rings. The van der Waals surface area contributed by atoms with Gasteiger partial charge in [0.1, 0.15) is 0 Å². The molecule has 0 unspecified atom stereocenters. The lowest BCUT2D eigenvalue weighted by Crippen LogP contribution is -2.49. The van der Waals surface area contributed by atoms with Crippen molar-refractivity contribution >= 4 is 5.97 Å². The second-order valence-corrected chi connectivity index (χ2v) is 8.76. The van der Waals surface area contributed by atoms with Gasteiger partial charge < -0.3 is 5.11 Å². The van der Waals surface area contributed by atoms with Gasteiger partial charge in [-0.1, -0.05) is 26.0 Å². The van der Waals surface area contributed by atoms with E-state index >= 15 is 0 Å². The van der Waals surface area contributed by atoms with Gasteiger partial charge in [0.15, 0.2) is 0 Å². The first-order valence-electron chi connectivity index (χ1n) is 9.31. The topological polar surface area (TPSA) is 37.3 Å². The van der Waals surface area contributed by atoms with Crippen LogP contribution in [0.1, 0.15) is 58.8 Å². The minimum Gasteiger partial charge on any atom is -0.481 e. The molecule has 0 aromatic rings. The molecule has 0 saturated heterocycles. The molecule has 124 valence electrons. The Morgan fingerprint density at radius 3 is 2.87 bits per heavy atom. The Balaban J connectivity index is 1.64. The van der Waals surface area contributed by atoms with Crippen LogP contribution in [0.2, 0.25) is 0 Å². The van der Waals surface area contributed by atoms with Crippen molar-refractivity contribution in [1.82, 2.24) is 0 Å². The smallest absolute Gasteiger partial charge is 0.303 e. The van der Waals surface area contributed by atoms with Gasteiger partial charge in [-0.3, -0.25) is 4.79 Å². The number of carboxylic acids is 1. The van der Waals surface area contributed by atoms with E-state index in [0.29, 0.717) is 12.3 Å². The van der Waals surface area contributed by atoms with Crippen LogP contribution in [0.3, 0.4) is 0 Å². The van der Waals surface area contributed by atoms with Crippen molar-refractivity contribution in [1.29, 1.82) is 0 Å². The fourth-order valence-corrected chi connectivity index (χ4v) is 6.74. The molecule has 0 aromatic carbocycles. The molecule has 0 spiro atoms. The first kappa shape index (κ1) is 15.3. The average Bonchev–Trinajstić information content (AvgIpc) is 2.83. The van der Waals surface area contributed by atoms with Gasteiger partial charge in [-0.05, 0) is 79.3 Å². The molecular weight excluding hydrogens is 284 g/mol. The molecule has 3 saturated carbocycles. The van der Waals surface area contributed by atoms with Gasteiger partial charge in [0.25, 0.3) is 0 Å². The van der Waals surface area contributed by atoms with Gasteiger partial charge in [-0.25, -0.2) is 0 Å². The Kier molecular flexibility index (Phi) is 3.39. The number of carbonyl (C=O) groups is 1. The maximum Gasteiger partial charge on any atom is 0.303 e. The third-order valence-electron chi connectivity index (χ3n) is 8.00. The molecule has 0 heterocycles. The van der Waals surface area contributed by atoms with Crippen LogP contribution in [0.4, 0.5) is 0 Å². The summed E-state index contributed by atoms with van der Waals surface area (Å²) in [5, 5.41) is 9.28. The summed E-state index contributed by atoms with van der Waals surface area (Å²) < 4.78 is 0. The average molecular weight is 312 g/mol. The van der Waals surface area contributed by atoms with E-state index in [1.54, 1.807) is 0 Å². The van der Waals surface area contributed by atoms with Crippen molar-refractivity contribution in [2.24, 2.45) is 34.5 Å². The Bertz CT molecular complexity index is 624. The Hall–Kier alpha value is -1.27. The number of allylic oxidation sites excluding steroid dienone is 3. The third kappa shape index (κ3) is 2.11. The number of fused-ring (bicyclic) bond motifs is 5. The first-order valence-corrected chi connectivity index (χ1v) is 9.31. The highest BCUT2D eigenvalue weighted by Crippen LogP contribution is 2.66. The molecule has 1 N–H and O–H groups in total. The number of hydrogen-bond acceptors (Lipinski definition) is 1. The maximum absolute atomic E-state index is 11.3.